The van der Waals surface area contributed by atoms with Gasteiger partial charge in [-0.25, -0.2) is 0 Å². The van der Waals surface area contributed by atoms with E-state index >= 15 is 0 Å². The van der Waals surface area contributed by atoms with Gasteiger partial charge in [0.05, 0.1) is 33.0 Å². The Kier molecular flexibility index (Phi) is 7.52. The third-order valence-electron chi connectivity index (χ3n) is 4.77. The third-order valence-corrected chi connectivity index (χ3v) is 5.67. The van der Waals surface area contributed by atoms with E-state index in [1.165, 1.54) is 5.56 Å². The van der Waals surface area contributed by atoms with Gasteiger partial charge < -0.3 is 19.5 Å². The second kappa shape index (κ2) is 10.1. The molecular weight excluding hydrogens is 471 g/mol. The summed E-state index contributed by atoms with van der Waals surface area (Å²) >= 11 is 2.14. The summed E-state index contributed by atoms with van der Waals surface area (Å²) in [6, 6.07) is 11.8. The maximum atomic E-state index is 12.8. The van der Waals surface area contributed by atoms with Crippen LogP contribution in [0.25, 0.3) is 0 Å². The summed E-state index contributed by atoms with van der Waals surface area (Å²) < 4.78 is 16.9. The fraction of sp³-hybridized carbons (Fsp3) is 0.381. The SMILES string of the molecule is COc1cc(I)c(C(=O)NCc2ccccc2CN2CCOCC2)cc1OC. The van der Waals surface area contributed by atoms with Crippen LogP contribution in [0, 0.1) is 3.57 Å². The lowest BCUT2D eigenvalue weighted by Gasteiger charge is -2.27. The Bertz CT molecular complexity index is 822. The number of hydrogen-bond acceptors (Lipinski definition) is 5. The fourth-order valence-corrected chi connectivity index (χ4v) is 3.87. The number of nitrogens with one attached hydrogen (secondary N) is 1. The van der Waals surface area contributed by atoms with E-state index in [9.17, 15) is 4.79 Å². The number of hydrogen-bond donors (Lipinski definition) is 1. The van der Waals surface area contributed by atoms with Gasteiger partial charge in [0, 0.05) is 29.7 Å². The van der Waals surface area contributed by atoms with Crippen molar-refractivity contribution in [3.63, 3.8) is 0 Å². The molecule has 0 unspecified atom stereocenters. The lowest BCUT2D eigenvalue weighted by Crippen LogP contribution is -2.36. The molecule has 0 saturated carbocycles. The van der Waals surface area contributed by atoms with Crippen LogP contribution in [0.3, 0.4) is 0 Å². The van der Waals surface area contributed by atoms with Crippen LogP contribution in [0.1, 0.15) is 21.5 Å². The second-order valence-corrected chi connectivity index (χ2v) is 7.69. The Morgan fingerprint density at radius 3 is 2.43 bits per heavy atom. The molecule has 0 aliphatic carbocycles. The molecule has 6 nitrogen and oxygen atoms in total. The minimum Gasteiger partial charge on any atom is -0.493 e. The molecule has 1 aliphatic heterocycles. The van der Waals surface area contributed by atoms with Crippen LogP contribution in [-0.2, 0) is 17.8 Å². The zero-order valence-electron chi connectivity index (χ0n) is 16.2. The highest BCUT2D eigenvalue weighted by Gasteiger charge is 2.17. The van der Waals surface area contributed by atoms with Crippen LogP contribution in [0.15, 0.2) is 36.4 Å². The first-order valence-corrected chi connectivity index (χ1v) is 10.3. The van der Waals surface area contributed by atoms with E-state index in [-0.39, 0.29) is 5.91 Å². The standard InChI is InChI=1S/C21H25IN2O4/c1-26-19-11-17(18(22)12-20(19)27-2)21(25)23-13-15-5-3-4-6-16(15)14-24-7-9-28-10-8-24/h3-6,11-12H,7-10,13-14H2,1-2H3,(H,23,25). The molecule has 1 heterocycles. The normalized spacial score (nSPS) is 14.5. The molecule has 0 spiro atoms. The maximum absolute atomic E-state index is 12.8. The number of methoxy groups -OCH3 is 2. The van der Waals surface area contributed by atoms with Crippen molar-refractivity contribution in [3.05, 3.63) is 56.7 Å². The summed E-state index contributed by atoms with van der Waals surface area (Å²) in [4.78, 5) is 15.1. The van der Waals surface area contributed by atoms with Crippen molar-refractivity contribution in [1.82, 2.24) is 10.2 Å². The van der Waals surface area contributed by atoms with Crippen LogP contribution < -0.4 is 14.8 Å². The number of halogens is 1. The van der Waals surface area contributed by atoms with Crippen LogP contribution in [0.2, 0.25) is 0 Å². The number of nitrogens with zero attached hydrogens (tertiary/aromatic N) is 1. The predicted octanol–water partition coefficient (Wildman–Crippen LogP) is 3.07. The van der Waals surface area contributed by atoms with E-state index in [2.05, 4.69) is 44.9 Å². The monoisotopic (exact) mass is 496 g/mol. The minimum atomic E-state index is -0.133. The summed E-state index contributed by atoms with van der Waals surface area (Å²) in [6.45, 7) is 4.76. The van der Waals surface area contributed by atoms with E-state index in [1.54, 1.807) is 26.4 Å². The lowest BCUT2D eigenvalue weighted by atomic mass is 10.1. The number of rotatable bonds is 7. The van der Waals surface area contributed by atoms with Gasteiger partial charge in [-0.3, -0.25) is 9.69 Å². The molecule has 1 aliphatic rings. The topological polar surface area (TPSA) is 60.0 Å². The number of ether oxygens (including phenoxy) is 3. The van der Waals surface area contributed by atoms with E-state index in [0.29, 0.717) is 23.6 Å². The molecule has 0 aromatic heterocycles. The second-order valence-electron chi connectivity index (χ2n) is 6.53. The maximum Gasteiger partial charge on any atom is 0.252 e. The quantitative estimate of drug-likeness (QED) is 0.598. The Labute approximate surface area is 179 Å². The van der Waals surface area contributed by atoms with E-state index in [1.807, 2.05) is 12.1 Å². The first kappa shape index (κ1) is 20.9. The molecule has 3 rings (SSSR count). The Morgan fingerprint density at radius 2 is 1.75 bits per heavy atom. The van der Waals surface area contributed by atoms with Gasteiger partial charge in [-0.2, -0.15) is 0 Å². The molecule has 0 atom stereocenters. The lowest BCUT2D eigenvalue weighted by molar-refractivity contribution is 0.0340. The molecule has 1 fully saturated rings. The van der Waals surface area contributed by atoms with Crippen molar-refractivity contribution in [2.24, 2.45) is 0 Å². The van der Waals surface area contributed by atoms with Gasteiger partial charge in [0.1, 0.15) is 0 Å². The first-order chi connectivity index (χ1) is 13.6. The largest absolute Gasteiger partial charge is 0.493 e. The van der Waals surface area contributed by atoms with E-state index < -0.39 is 0 Å². The Balaban J connectivity index is 1.69. The molecule has 28 heavy (non-hydrogen) atoms. The van der Waals surface area contributed by atoms with Gasteiger partial charge in [0.25, 0.3) is 5.91 Å². The summed E-state index contributed by atoms with van der Waals surface area (Å²) in [5.74, 6) is 1.02. The highest BCUT2D eigenvalue weighted by Crippen LogP contribution is 2.31. The van der Waals surface area contributed by atoms with Crippen molar-refractivity contribution in [2.75, 3.05) is 40.5 Å². The summed E-state index contributed by atoms with van der Waals surface area (Å²) in [6.07, 6.45) is 0. The average Bonchev–Trinajstić information content (AvgIpc) is 2.73. The van der Waals surface area contributed by atoms with Gasteiger partial charge in [0.15, 0.2) is 11.5 Å². The van der Waals surface area contributed by atoms with Gasteiger partial charge >= 0.3 is 0 Å². The van der Waals surface area contributed by atoms with Crippen molar-refractivity contribution in [2.45, 2.75) is 13.1 Å². The molecule has 2 aromatic rings. The number of benzene rings is 2. The van der Waals surface area contributed by atoms with Gasteiger partial charge in [-0.1, -0.05) is 24.3 Å². The average molecular weight is 496 g/mol. The first-order valence-electron chi connectivity index (χ1n) is 9.19. The predicted molar refractivity (Wildman–Crippen MR) is 116 cm³/mol. The van der Waals surface area contributed by atoms with Gasteiger partial charge in [0.2, 0.25) is 0 Å². The number of morpholine rings is 1. The fourth-order valence-electron chi connectivity index (χ4n) is 3.18. The highest BCUT2D eigenvalue weighted by molar-refractivity contribution is 14.1. The molecule has 1 N–H and O–H groups in total. The number of carbonyl (C=O) groups is 1. The number of amides is 1. The van der Waals surface area contributed by atoms with E-state index in [0.717, 1.165) is 42.0 Å². The van der Waals surface area contributed by atoms with Crippen molar-refractivity contribution in [1.29, 1.82) is 0 Å². The van der Waals surface area contributed by atoms with Crippen molar-refractivity contribution >= 4 is 28.5 Å². The molecule has 150 valence electrons. The summed E-state index contributed by atoms with van der Waals surface area (Å²) in [7, 11) is 3.15. The molecule has 2 aromatic carbocycles. The van der Waals surface area contributed by atoms with Crippen LogP contribution in [-0.4, -0.2) is 51.3 Å². The molecule has 7 heteroatoms. The minimum absolute atomic E-state index is 0.133. The van der Waals surface area contributed by atoms with Gasteiger partial charge in [-0.05, 0) is 45.9 Å². The van der Waals surface area contributed by atoms with Crippen LogP contribution in [0.5, 0.6) is 11.5 Å². The molecular formula is C21H25IN2O4. The summed E-state index contributed by atoms with van der Waals surface area (Å²) in [5.41, 5.74) is 2.92. The third kappa shape index (κ3) is 5.15. The van der Waals surface area contributed by atoms with Crippen LogP contribution >= 0.6 is 22.6 Å². The van der Waals surface area contributed by atoms with Crippen LogP contribution in [0.4, 0.5) is 0 Å². The zero-order chi connectivity index (χ0) is 19.9. The van der Waals surface area contributed by atoms with Crippen molar-refractivity contribution in [3.8, 4) is 11.5 Å². The summed E-state index contributed by atoms with van der Waals surface area (Å²) in [5, 5.41) is 3.04. The smallest absolute Gasteiger partial charge is 0.252 e. The van der Waals surface area contributed by atoms with Crippen molar-refractivity contribution < 1.29 is 19.0 Å². The van der Waals surface area contributed by atoms with E-state index in [4.69, 9.17) is 14.2 Å². The number of carbonyl (C=O) groups excluding carboxylic acids is 1. The molecule has 0 bridgehead atoms. The molecule has 1 amide bonds. The highest BCUT2D eigenvalue weighted by atomic mass is 127. The Morgan fingerprint density at radius 1 is 1.11 bits per heavy atom. The molecule has 1 saturated heterocycles. The zero-order valence-corrected chi connectivity index (χ0v) is 18.3. The Hall–Kier alpha value is -1.84. The molecule has 0 radical (unpaired) electrons. The van der Waals surface area contributed by atoms with Gasteiger partial charge in [-0.15, -0.1) is 0 Å².